The number of hydrogen-bond donors (Lipinski definition) is 1. The summed E-state index contributed by atoms with van der Waals surface area (Å²) in [4.78, 5) is 21.7. The maximum atomic E-state index is 13.6. The van der Waals surface area contributed by atoms with Crippen molar-refractivity contribution in [1.29, 1.82) is 0 Å². The number of hydrogen-bond acceptors (Lipinski definition) is 7. The van der Waals surface area contributed by atoms with E-state index in [0.29, 0.717) is 17.9 Å². The van der Waals surface area contributed by atoms with E-state index in [2.05, 4.69) is 85.8 Å². The molecule has 2 fully saturated rings. The maximum Gasteiger partial charge on any atom is 0.253 e. The van der Waals surface area contributed by atoms with Gasteiger partial charge in [-0.2, -0.15) is 0 Å². The first-order valence-electron chi connectivity index (χ1n) is 13.6. The topological polar surface area (TPSA) is 92.2 Å². The lowest BCUT2D eigenvalue weighted by Gasteiger charge is -2.38. The van der Waals surface area contributed by atoms with Crippen LogP contribution in [0.2, 0.25) is 0 Å². The highest BCUT2D eigenvalue weighted by molar-refractivity contribution is 5.85. The van der Waals surface area contributed by atoms with Gasteiger partial charge in [0.05, 0.1) is 18.2 Å². The zero-order valence-corrected chi connectivity index (χ0v) is 22.1. The zero-order chi connectivity index (χ0) is 26.1. The van der Waals surface area contributed by atoms with E-state index in [9.17, 15) is 4.79 Å². The van der Waals surface area contributed by atoms with Crippen molar-refractivity contribution in [2.24, 2.45) is 0 Å². The Morgan fingerprint density at radius 1 is 1.05 bits per heavy atom. The van der Waals surface area contributed by atoms with Gasteiger partial charge in [0.25, 0.3) is 5.56 Å². The molecule has 0 radical (unpaired) electrons. The summed E-state index contributed by atoms with van der Waals surface area (Å²) in [5, 5.41) is 14.0. The number of benzene rings is 2. The van der Waals surface area contributed by atoms with E-state index in [4.69, 9.17) is 4.74 Å². The number of aryl methyl sites for hydroxylation is 2. The van der Waals surface area contributed by atoms with E-state index in [1.807, 2.05) is 11.6 Å². The first kappa shape index (κ1) is 24.9. The number of aromatic nitrogens is 5. The van der Waals surface area contributed by atoms with Crippen LogP contribution in [0.5, 0.6) is 0 Å². The Balaban J connectivity index is 1.35. The second-order valence-electron chi connectivity index (χ2n) is 10.6. The lowest BCUT2D eigenvalue weighted by atomic mass is 9.99. The molecule has 4 aromatic rings. The van der Waals surface area contributed by atoms with Crippen LogP contribution in [0, 0.1) is 13.8 Å². The summed E-state index contributed by atoms with van der Waals surface area (Å²) in [5.41, 5.74) is 5.00. The predicted molar refractivity (Wildman–Crippen MR) is 146 cm³/mol. The molecule has 0 amide bonds. The summed E-state index contributed by atoms with van der Waals surface area (Å²) < 4.78 is 7.74. The number of pyridine rings is 1. The van der Waals surface area contributed by atoms with Crippen molar-refractivity contribution in [3.63, 3.8) is 0 Å². The molecule has 9 heteroatoms. The van der Waals surface area contributed by atoms with Gasteiger partial charge < -0.3 is 9.72 Å². The van der Waals surface area contributed by atoms with E-state index in [1.54, 1.807) is 0 Å². The van der Waals surface area contributed by atoms with Crippen molar-refractivity contribution in [2.45, 2.75) is 51.9 Å². The minimum Gasteiger partial charge on any atom is -0.376 e. The normalized spacial score (nSPS) is 19.8. The predicted octanol–water partition coefficient (Wildman–Crippen LogP) is 3.22. The number of aromatic amines is 1. The van der Waals surface area contributed by atoms with Crippen LogP contribution in [0.4, 0.5) is 0 Å². The standard InChI is InChI=1S/C29H35N7O2/c1-20-10-11-21(2)26-24(20)17-25(29(37)30-26)27(28-31-32-33-36(28)19-23-9-6-16-38-23)35-14-12-34(13-15-35)18-22-7-4-3-5-8-22/h3-5,7-8,10-11,17,23,27H,6,9,12-16,18-19H2,1-2H3,(H,30,37)/t23-,27-/m1/s1. The third kappa shape index (κ3) is 5.01. The number of nitrogens with zero attached hydrogens (tertiary/aromatic N) is 6. The highest BCUT2D eigenvalue weighted by atomic mass is 16.5. The summed E-state index contributed by atoms with van der Waals surface area (Å²) in [6, 6.07) is 16.5. The average Bonchev–Trinajstić information content (AvgIpc) is 3.62. The van der Waals surface area contributed by atoms with Crippen LogP contribution < -0.4 is 5.56 Å². The van der Waals surface area contributed by atoms with E-state index >= 15 is 0 Å². The monoisotopic (exact) mass is 513 g/mol. The summed E-state index contributed by atoms with van der Waals surface area (Å²) in [6.45, 7) is 9.85. The smallest absolute Gasteiger partial charge is 0.253 e. The highest BCUT2D eigenvalue weighted by Gasteiger charge is 2.33. The summed E-state index contributed by atoms with van der Waals surface area (Å²) in [6.07, 6.45) is 2.15. The van der Waals surface area contributed by atoms with Crippen molar-refractivity contribution in [3.8, 4) is 0 Å². The molecule has 0 spiro atoms. The van der Waals surface area contributed by atoms with Gasteiger partial charge in [0.1, 0.15) is 6.04 Å². The van der Waals surface area contributed by atoms with Gasteiger partial charge >= 0.3 is 0 Å². The Bertz CT molecular complexity index is 1450. The Hall–Kier alpha value is -3.40. The molecule has 2 aliphatic heterocycles. The van der Waals surface area contributed by atoms with Crippen LogP contribution in [0.3, 0.4) is 0 Å². The number of nitrogens with one attached hydrogen (secondary N) is 1. The van der Waals surface area contributed by atoms with Gasteiger partial charge in [0, 0.05) is 50.3 Å². The molecule has 0 unspecified atom stereocenters. The number of piperazine rings is 1. The second kappa shape index (κ2) is 10.8. The van der Waals surface area contributed by atoms with Crippen LogP contribution in [-0.2, 0) is 17.8 Å². The molecule has 2 saturated heterocycles. The molecule has 198 valence electrons. The Morgan fingerprint density at radius 2 is 1.84 bits per heavy atom. The molecule has 2 aliphatic rings. The van der Waals surface area contributed by atoms with Crippen LogP contribution in [-0.4, -0.2) is 73.9 Å². The number of rotatable bonds is 7. The highest BCUT2D eigenvalue weighted by Crippen LogP contribution is 2.30. The molecule has 38 heavy (non-hydrogen) atoms. The van der Waals surface area contributed by atoms with Crippen molar-refractivity contribution < 1.29 is 4.74 Å². The number of H-pyrrole nitrogens is 1. The average molecular weight is 514 g/mol. The Morgan fingerprint density at radius 3 is 2.61 bits per heavy atom. The van der Waals surface area contributed by atoms with E-state index < -0.39 is 0 Å². The molecular weight excluding hydrogens is 478 g/mol. The zero-order valence-electron chi connectivity index (χ0n) is 22.1. The van der Waals surface area contributed by atoms with Crippen LogP contribution in [0.25, 0.3) is 10.9 Å². The quantitative estimate of drug-likeness (QED) is 0.406. The molecule has 0 aliphatic carbocycles. The van der Waals surface area contributed by atoms with Crippen LogP contribution in [0.1, 0.15) is 47.0 Å². The molecule has 2 atom stereocenters. The van der Waals surface area contributed by atoms with E-state index in [-0.39, 0.29) is 17.7 Å². The first-order valence-corrected chi connectivity index (χ1v) is 13.6. The molecule has 9 nitrogen and oxygen atoms in total. The van der Waals surface area contributed by atoms with Crippen LogP contribution in [0.15, 0.2) is 53.3 Å². The number of tetrazole rings is 1. The molecule has 0 saturated carbocycles. The van der Waals surface area contributed by atoms with Crippen molar-refractivity contribution in [2.75, 3.05) is 32.8 Å². The van der Waals surface area contributed by atoms with E-state index in [1.165, 1.54) is 5.56 Å². The molecule has 4 heterocycles. The Kier molecular flexibility index (Phi) is 7.06. The largest absolute Gasteiger partial charge is 0.376 e. The lowest BCUT2D eigenvalue weighted by molar-refractivity contribution is 0.0840. The van der Waals surface area contributed by atoms with Gasteiger partial charge in [0.2, 0.25) is 0 Å². The number of fused-ring (bicyclic) bond motifs is 1. The van der Waals surface area contributed by atoms with Crippen molar-refractivity contribution in [1.82, 2.24) is 35.0 Å². The minimum absolute atomic E-state index is 0.0884. The maximum absolute atomic E-state index is 13.6. The second-order valence-corrected chi connectivity index (χ2v) is 10.6. The van der Waals surface area contributed by atoms with Gasteiger partial charge in [0.15, 0.2) is 5.82 Å². The molecule has 0 bridgehead atoms. The SMILES string of the molecule is Cc1ccc(C)c2[nH]c(=O)c([C@H](c3nnnn3C[C@H]3CCCO3)N3CCN(Cc4ccccc4)CC3)cc12. The van der Waals surface area contributed by atoms with Gasteiger partial charge in [-0.1, -0.05) is 42.5 Å². The summed E-state index contributed by atoms with van der Waals surface area (Å²) >= 11 is 0. The number of ether oxygens (including phenoxy) is 1. The fraction of sp³-hybridized carbons (Fsp3) is 0.448. The van der Waals surface area contributed by atoms with Gasteiger partial charge in [-0.05, 0) is 59.9 Å². The van der Waals surface area contributed by atoms with Crippen molar-refractivity contribution >= 4 is 10.9 Å². The fourth-order valence-corrected chi connectivity index (χ4v) is 5.83. The van der Waals surface area contributed by atoms with Crippen molar-refractivity contribution in [3.05, 3.63) is 87.0 Å². The summed E-state index contributed by atoms with van der Waals surface area (Å²) in [7, 11) is 0. The molecule has 2 aromatic carbocycles. The third-order valence-corrected chi connectivity index (χ3v) is 7.99. The van der Waals surface area contributed by atoms with Crippen LogP contribution >= 0.6 is 0 Å². The molecule has 6 rings (SSSR count). The lowest BCUT2D eigenvalue weighted by Crippen LogP contribution is -2.48. The first-order chi connectivity index (χ1) is 18.6. The molecular formula is C29H35N7O2. The Labute approximate surface area is 222 Å². The minimum atomic E-state index is -0.349. The van der Waals surface area contributed by atoms with Gasteiger partial charge in [-0.3, -0.25) is 14.6 Å². The van der Waals surface area contributed by atoms with Gasteiger partial charge in [-0.25, -0.2) is 4.68 Å². The third-order valence-electron chi connectivity index (χ3n) is 7.99. The fourth-order valence-electron chi connectivity index (χ4n) is 5.83. The summed E-state index contributed by atoms with van der Waals surface area (Å²) in [5.74, 6) is 0.701. The molecule has 2 aromatic heterocycles. The van der Waals surface area contributed by atoms with Gasteiger partial charge in [-0.15, -0.1) is 5.10 Å². The van der Waals surface area contributed by atoms with E-state index in [0.717, 1.165) is 74.2 Å². The molecule has 1 N–H and O–H groups in total.